The smallest absolute Gasteiger partial charge is 0.150 e. The van der Waals surface area contributed by atoms with E-state index < -0.39 is 8.80 Å². The maximum absolute atomic E-state index is 6.03. The van der Waals surface area contributed by atoms with Crippen LogP contribution in [0.15, 0.2) is 85.0 Å². The average Bonchev–Trinajstić information content (AvgIpc) is 3.07. The van der Waals surface area contributed by atoms with Crippen molar-refractivity contribution < 1.29 is 4.74 Å². The molecule has 3 rings (SSSR count). The van der Waals surface area contributed by atoms with Crippen molar-refractivity contribution in [2.75, 3.05) is 12.8 Å². The molecule has 0 heterocycles. The molecular weight excluding hydrogens is 272 g/mol. The number of ether oxygens (including phenoxy) is 1. The van der Waals surface area contributed by atoms with Crippen LogP contribution in [0, 0.1) is 5.92 Å². The van der Waals surface area contributed by atoms with Gasteiger partial charge < -0.3 is 4.74 Å². The largest absolute Gasteiger partial charge is 0.383 e. The van der Waals surface area contributed by atoms with Crippen molar-refractivity contribution in [1.82, 2.24) is 0 Å². The molecule has 105 valence electrons. The first-order valence-electron chi connectivity index (χ1n) is 7.33. The van der Waals surface area contributed by atoms with Gasteiger partial charge in [-0.15, -0.1) is 0 Å². The van der Waals surface area contributed by atoms with E-state index in [1.54, 1.807) is 0 Å². The fraction of sp³-hybridized carbons (Fsp3) is 0.158. The molecule has 0 atom stereocenters. The highest BCUT2D eigenvalue weighted by atomic mass is 28.3. The quantitative estimate of drug-likeness (QED) is 0.743. The number of allylic oxidation sites excluding steroid dienone is 2. The number of benzene rings is 2. The first-order valence-corrected chi connectivity index (χ1v) is 9.03. The average molecular weight is 291 g/mol. The molecule has 1 aliphatic carbocycles. The third-order valence-corrected chi connectivity index (χ3v) is 6.18. The topological polar surface area (TPSA) is 9.23 Å². The summed E-state index contributed by atoms with van der Waals surface area (Å²) in [6.45, 7) is 0.779. The second kappa shape index (κ2) is 7.20. The molecule has 0 saturated heterocycles. The van der Waals surface area contributed by atoms with Crippen LogP contribution in [0.2, 0.25) is 0 Å². The number of hydrogen-bond donors (Lipinski definition) is 0. The number of rotatable bonds is 6. The van der Waals surface area contributed by atoms with Crippen molar-refractivity contribution in [2.45, 2.75) is 0 Å². The van der Waals surface area contributed by atoms with Crippen LogP contribution in [0.5, 0.6) is 0 Å². The predicted molar refractivity (Wildman–Crippen MR) is 90.5 cm³/mol. The van der Waals surface area contributed by atoms with Crippen LogP contribution in [-0.4, -0.2) is 21.6 Å². The molecule has 0 spiro atoms. The first-order chi connectivity index (χ1) is 10.4. The summed E-state index contributed by atoms with van der Waals surface area (Å²) in [6, 6.07) is 21.5. The van der Waals surface area contributed by atoms with Gasteiger partial charge in [0.1, 0.15) is 0 Å². The van der Waals surface area contributed by atoms with E-state index in [0.717, 1.165) is 12.8 Å². The van der Waals surface area contributed by atoms with Crippen LogP contribution in [0.4, 0.5) is 0 Å². The zero-order valence-electron chi connectivity index (χ0n) is 12.0. The van der Waals surface area contributed by atoms with E-state index in [4.69, 9.17) is 4.74 Å². The molecule has 0 unspecified atom stereocenters. The molecule has 0 aliphatic heterocycles. The van der Waals surface area contributed by atoms with E-state index in [2.05, 4.69) is 85.0 Å². The summed E-state index contributed by atoms with van der Waals surface area (Å²) >= 11 is 0. The molecule has 21 heavy (non-hydrogen) atoms. The Hall–Kier alpha value is -1.90. The summed E-state index contributed by atoms with van der Waals surface area (Å²) in [6.07, 6.45) is 9.38. The fourth-order valence-electron chi connectivity index (χ4n) is 2.50. The SMILES string of the molecule is C1=CC(COC[Si](c2ccccc2)c2ccccc2)C=C1. The molecule has 1 radical (unpaired) electrons. The molecule has 0 N–H and O–H groups in total. The zero-order chi connectivity index (χ0) is 14.3. The normalized spacial score (nSPS) is 14.1. The van der Waals surface area contributed by atoms with Gasteiger partial charge in [-0.2, -0.15) is 0 Å². The van der Waals surface area contributed by atoms with Gasteiger partial charge in [0.25, 0.3) is 0 Å². The standard InChI is InChI=1S/C19H19OSi/c1-3-11-18(12-4-1)21(19-13-5-2-6-14-19)16-20-15-17-9-7-8-10-17/h1-14,17H,15-16H2. The van der Waals surface area contributed by atoms with Gasteiger partial charge >= 0.3 is 0 Å². The van der Waals surface area contributed by atoms with Crippen molar-refractivity contribution in [3.05, 3.63) is 85.0 Å². The molecule has 2 heteroatoms. The Balaban J connectivity index is 1.70. The van der Waals surface area contributed by atoms with E-state index in [9.17, 15) is 0 Å². The van der Waals surface area contributed by atoms with E-state index in [-0.39, 0.29) is 0 Å². The van der Waals surface area contributed by atoms with Crippen molar-refractivity contribution in [2.24, 2.45) is 5.92 Å². The molecular formula is C19H19OSi. The van der Waals surface area contributed by atoms with Crippen molar-refractivity contribution >= 4 is 19.2 Å². The maximum Gasteiger partial charge on any atom is 0.150 e. The Morgan fingerprint density at radius 2 is 1.29 bits per heavy atom. The predicted octanol–water partition coefficient (Wildman–Crippen LogP) is 2.59. The van der Waals surface area contributed by atoms with Gasteiger partial charge in [-0.1, -0.05) is 95.3 Å². The molecule has 1 aliphatic rings. The van der Waals surface area contributed by atoms with E-state index in [0.29, 0.717) is 5.92 Å². The van der Waals surface area contributed by atoms with E-state index >= 15 is 0 Å². The minimum absolute atomic E-state index is 0.444. The van der Waals surface area contributed by atoms with Crippen LogP contribution in [0.3, 0.4) is 0 Å². The van der Waals surface area contributed by atoms with Gasteiger partial charge in [-0.05, 0) is 0 Å². The molecule has 0 saturated carbocycles. The lowest BCUT2D eigenvalue weighted by atomic mass is 10.2. The third-order valence-electron chi connectivity index (χ3n) is 3.63. The summed E-state index contributed by atoms with van der Waals surface area (Å²) < 4.78 is 6.03. The summed E-state index contributed by atoms with van der Waals surface area (Å²) in [4.78, 5) is 0. The van der Waals surface area contributed by atoms with Crippen LogP contribution < -0.4 is 10.4 Å². The Labute approximate surface area is 128 Å². The maximum atomic E-state index is 6.03. The Kier molecular flexibility index (Phi) is 4.82. The molecule has 2 aromatic rings. The van der Waals surface area contributed by atoms with Crippen LogP contribution in [-0.2, 0) is 4.74 Å². The lowest BCUT2D eigenvalue weighted by molar-refractivity contribution is 0.163. The third kappa shape index (κ3) is 3.81. The Morgan fingerprint density at radius 3 is 1.81 bits per heavy atom. The highest BCUT2D eigenvalue weighted by Gasteiger charge is 2.17. The summed E-state index contributed by atoms with van der Waals surface area (Å²) in [7, 11) is -0.861. The van der Waals surface area contributed by atoms with Crippen LogP contribution in [0.1, 0.15) is 0 Å². The second-order valence-corrected chi connectivity index (χ2v) is 7.56. The lowest BCUT2D eigenvalue weighted by Crippen LogP contribution is -2.46. The molecule has 0 aromatic heterocycles. The van der Waals surface area contributed by atoms with E-state index in [1.165, 1.54) is 10.4 Å². The fourth-order valence-corrected chi connectivity index (χ4v) is 4.68. The molecule has 1 nitrogen and oxygen atoms in total. The van der Waals surface area contributed by atoms with Crippen molar-refractivity contribution in [1.29, 1.82) is 0 Å². The highest BCUT2D eigenvalue weighted by Crippen LogP contribution is 2.08. The van der Waals surface area contributed by atoms with Crippen molar-refractivity contribution in [3.8, 4) is 0 Å². The summed E-state index contributed by atoms with van der Waals surface area (Å²) in [5.41, 5.74) is 0. The monoisotopic (exact) mass is 291 g/mol. The summed E-state index contributed by atoms with van der Waals surface area (Å²) in [5, 5.41) is 2.82. The molecule has 2 aromatic carbocycles. The Bertz CT molecular complexity index is 552. The van der Waals surface area contributed by atoms with Gasteiger partial charge in [0.2, 0.25) is 0 Å². The van der Waals surface area contributed by atoms with Gasteiger partial charge in [0.15, 0.2) is 8.80 Å². The molecule has 0 fully saturated rings. The molecule has 0 bridgehead atoms. The summed E-state index contributed by atoms with van der Waals surface area (Å²) in [5.74, 6) is 0.444. The Morgan fingerprint density at radius 1 is 0.762 bits per heavy atom. The van der Waals surface area contributed by atoms with Crippen molar-refractivity contribution in [3.63, 3.8) is 0 Å². The van der Waals surface area contributed by atoms with Gasteiger partial charge in [-0.25, -0.2) is 0 Å². The van der Waals surface area contributed by atoms with Crippen LogP contribution >= 0.6 is 0 Å². The highest BCUT2D eigenvalue weighted by molar-refractivity contribution is 6.85. The number of hydrogen-bond acceptors (Lipinski definition) is 1. The minimum atomic E-state index is -0.861. The van der Waals surface area contributed by atoms with Crippen LogP contribution in [0.25, 0.3) is 0 Å². The van der Waals surface area contributed by atoms with Gasteiger partial charge in [0, 0.05) is 12.1 Å². The van der Waals surface area contributed by atoms with E-state index in [1.807, 2.05) is 0 Å². The zero-order valence-corrected chi connectivity index (χ0v) is 13.0. The lowest BCUT2D eigenvalue weighted by Gasteiger charge is -2.17. The molecule has 0 amide bonds. The second-order valence-electron chi connectivity index (χ2n) is 5.16. The van der Waals surface area contributed by atoms with Gasteiger partial charge in [0.05, 0.1) is 6.61 Å². The minimum Gasteiger partial charge on any atom is -0.383 e. The van der Waals surface area contributed by atoms with Gasteiger partial charge in [-0.3, -0.25) is 0 Å². The first kappa shape index (κ1) is 14.1.